The lowest BCUT2D eigenvalue weighted by Crippen LogP contribution is -2.59. The third kappa shape index (κ3) is 8.80. The number of hydrogen-bond acceptors (Lipinski definition) is 11. The molecule has 7 rings (SSSR count). The van der Waals surface area contributed by atoms with Crippen molar-refractivity contribution in [3.8, 4) is 17.5 Å². The van der Waals surface area contributed by atoms with E-state index in [0.29, 0.717) is 76.0 Å². The molecule has 1 aromatic carbocycles. The minimum atomic E-state index is -4.92. The monoisotopic (exact) mass is 877 g/mol. The Kier molecular flexibility index (Phi) is 11.7. The third-order valence-electron chi connectivity index (χ3n) is 12.9. The molecule has 3 N–H and O–H groups in total. The minimum absolute atomic E-state index is 0.0457. The van der Waals surface area contributed by atoms with Crippen LogP contribution in [0.1, 0.15) is 91.5 Å². The highest BCUT2D eigenvalue weighted by atomic mass is 32.2. The molecule has 15 nitrogen and oxygen atoms in total. The van der Waals surface area contributed by atoms with Crippen molar-refractivity contribution in [3.63, 3.8) is 0 Å². The van der Waals surface area contributed by atoms with Gasteiger partial charge in [-0.05, 0) is 108 Å². The number of sulfonamides is 1. The molecule has 19 heteroatoms. The summed E-state index contributed by atoms with van der Waals surface area (Å²) in [5.41, 5.74) is -3.68. The summed E-state index contributed by atoms with van der Waals surface area (Å²) in [5.74, 6) is -2.60. The van der Waals surface area contributed by atoms with Gasteiger partial charge < -0.3 is 34.5 Å². The largest absolute Gasteiger partial charge is 0.497 e. The number of aromatic nitrogens is 1. The Balaban J connectivity index is 1.25. The van der Waals surface area contributed by atoms with Gasteiger partial charge in [0.05, 0.1) is 25.0 Å². The number of nitrogens with zero attached hydrogens (tertiary/aromatic N) is 2. The number of allylic oxidation sites excluding steroid dienone is 1. The van der Waals surface area contributed by atoms with Gasteiger partial charge in [-0.25, -0.2) is 13.2 Å². The molecule has 61 heavy (non-hydrogen) atoms. The van der Waals surface area contributed by atoms with Crippen LogP contribution < -0.4 is 29.6 Å². The molecule has 4 amide bonds. The lowest BCUT2D eigenvalue weighted by Gasteiger charge is -2.34. The van der Waals surface area contributed by atoms with Gasteiger partial charge in [-0.1, -0.05) is 26.0 Å². The topological polar surface area (TPSA) is 192 Å². The molecular weight excluding hydrogens is 824 g/mol. The summed E-state index contributed by atoms with van der Waals surface area (Å²) in [6.45, 7) is 6.76. The first-order valence-electron chi connectivity index (χ1n) is 20.8. The quantitative estimate of drug-likeness (QED) is 0.294. The summed E-state index contributed by atoms with van der Waals surface area (Å²) in [6.07, 6.45) is 0.0393. The lowest BCUT2D eigenvalue weighted by molar-refractivity contribution is -0.244. The molecule has 1 aromatic heterocycles. The molecule has 7 atom stereocenters. The number of methoxy groups -OCH3 is 1. The van der Waals surface area contributed by atoms with E-state index in [-0.39, 0.29) is 31.2 Å². The van der Waals surface area contributed by atoms with Gasteiger partial charge in [0.1, 0.15) is 29.5 Å². The maximum atomic E-state index is 14.9. The van der Waals surface area contributed by atoms with Crippen LogP contribution in [0.25, 0.3) is 10.8 Å². The van der Waals surface area contributed by atoms with Crippen LogP contribution in [0.4, 0.5) is 18.0 Å². The average Bonchev–Trinajstić information content (AvgIpc) is 4.07. The van der Waals surface area contributed by atoms with E-state index in [1.165, 1.54) is 11.8 Å². The van der Waals surface area contributed by atoms with Gasteiger partial charge in [-0.3, -0.25) is 19.1 Å². The number of nitrogens with one attached hydrogen (secondary N) is 3. The van der Waals surface area contributed by atoms with E-state index >= 15 is 0 Å². The van der Waals surface area contributed by atoms with Gasteiger partial charge in [-0.2, -0.15) is 18.2 Å². The van der Waals surface area contributed by atoms with E-state index in [1.54, 1.807) is 32.2 Å². The molecule has 3 fully saturated rings. The van der Waals surface area contributed by atoms with E-state index in [9.17, 15) is 40.8 Å². The summed E-state index contributed by atoms with van der Waals surface area (Å²) >= 11 is 0. The number of hydrogen-bond donors (Lipinski definition) is 3. The van der Waals surface area contributed by atoms with Crippen molar-refractivity contribution in [1.29, 1.82) is 0 Å². The highest BCUT2D eigenvalue weighted by Crippen LogP contribution is 2.48. The van der Waals surface area contributed by atoms with Crippen molar-refractivity contribution in [2.24, 2.45) is 17.8 Å². The first kappa shape index (κ1) is 44.3. The van der Waals surface area contributed by atoms with Crippen molar-refractivity contribution in [2.75, 3.05) is 20.3 Å². The van der Waals surface area contributed by atoms with Crippen LogP contribution in [0, 0.1) is 17.8 Å². The molecule has 3 aliphatic heterocycles. The van der Waals surface area contributed by atoms with Crippen molar-refractivity contribution < 1.29 is 59.7 Å². The Morgan fingerprint density at radius 2 is 1.84 bits per heavy atom. The molecule has 5 aliphatic rings. The smallest absolute Gasteiger partial charge is 0.427 e. The molecule has 2 aromatic rings. The molecule has 0 bridgehead atoms. The van der Waals surface area contributed by atoms with Gasteiger partial charge in [0.15, 0.2) is 0 Å². The number of amides is 4. The summed E-state index contributed by atoms with van der Waals surface area (Å²) < 4.78 is 91.8. The Morgan fingerprint density at radius 1 is 1.10 bits per heavy atom. The maximum Gasteiger partial charge on any atom is 0.427 e. The summed E-state index contributed by atoms with van der Waals surface area (Å²) in [4.78, 5) is 62.6. The lowest BCUT2D eigenvalue weighted by atomic mass is 9.88. The molecule has 4 heterocycles. The molecule has 1 saturated heterocycles. The molecule has 1 unspecified atom stereocenters. The Hall–Kier alpha value is -4.81. The number of carbonyl (C=O) groups is 4. The van der Waals surface area contributed by atoms with E-state index < -0.39 is 85.9 Å². The second-order valence-corrected chi connectivity index (χ2v) is 20.2. The van der Waals surface area contributed by atoms with Crippen LogP contribution in [0.5, 0.6) is 17.5 Å². The zero-order chi connectivity index (χ0) is 44.3. The van der Waals surface area contributed by atoms with Crippen LogP contribution in [0.15, 0.2) is 30.4 Å². The van der Waals surface area contributed by atoms with Crippen LogP contribution >= 0.6 is 0 Å². The van der Waals surface area contributed by atoms with Crippen LogP contribution in [0.3, 0.4) is 0 Å². The highest BCUT2D eigenvalue weighted by Gasteiger charge is 2.63. The summed E-state index contributed by atoms with van der Waals surface area (Å²) in [6, 6.07) is 2.59. The molecule has 2 saturated carbocycles. The van der Waals surface area contributed by atoms with Crippen LogP contribution in [-0.4, -0.2) is 103 Å². The second-order valence-electron chi connectivity index (χ2n) is 18.0. The van der Waals surface area contributed by atoms with Crippen molar-refractivity contribution in [2.45, 2.75) is 133 Å². The normalized spacial score (nSPS) is 29.6. The van der Waals surface area contributed by atoms with E-state index in [4.69, 9.17) is 23.9 Å². The predicted molar refractivity (Wildman–Crippen MR) is 215 cm³/mol. The first-order chi connectivity index (χ1) is 28.6. The fourth-order valence-corrected chi connectivity index (χ4v) is 9.80. The standard InChI is InChI=1S/C42H54F3N5O10S/c1-23-10-7-8-11-25-21-41(25,37(53)49-61(55,56)40(5)15-16-40)48-33(51)31-20-27(59-35-29-14-13-26(57-6)19-30(29)28-12-9-17-58-34(28)47-35)22-50(31)36(52)32(24(2)18-23)46-38(54)60-39(3,4)42(43,44)45/h8,11,13-14,19,23-25,27,31-32H,7,9-10,12,15-18,20-22H2,1-6H3,(H,46,54)(H,48,51)(H,49,53)/b11-8-/t23-,24-,25-,27-,31+,32?,41-/m1/s1. The molecular formula is C42H54F3N5O10S. The SMILES string of the molecule is COc1ccc2c(O[C@@H]3C[C@H]4C(=O)N[C@]5(C(=O)NS(=O)(=O)C6(C)CC6)C[C@H]5/C=C\CC[C@@H](C)C[C@@H](C)C(NC(=O)OC(C)(C)C(F)(F)F)C(=O)N4C3)nc3c(c2c1)CCCO3. The Labute approximate surface area is 352 Å². The van der Waals surface area contributed by atoms with E-state index in [2.05, 4.69) is 15.4 Å². The number of carbonyl (C=O) groups excluding carboxylic acids is 4. The molecule has 2 aliphatic carbocycles. The van der Waals surface area contributed by atoms with Gasteiger partial charge in [-0.15, -0.1) is 0 Å². The van der Waals surface area contributed by atoms with Crippen molar-refractivity contribution in [3.05, 3.63) is 35.9 Å². The highest BCUT2D eigenvalue weighted by molar-refractivity contribution is 7.91. The first-order valence-corrected chi connectivity index (χ1v) is 22.3. The van der Waals surface area contributed by atoms with Gasteiger partial charge in [0.25, 0.3) is 5.91 Å². The van der Waals surface area contributed by atoms with E-state index in [0.717, 1.165) is 17.4 Å². The number of halogens is 3. The summed E-state index contributed by atoms with van der Waals surface area (Å²) in [5, 5.41) is 6.61. The number of ether oxygens (including phenoxy) is 4. The number of rotatable bonds is 8. The average molecular weight is 878 g/mol. The van der Waals surface area contributed by atoms with Gasteiger partial charge in [0, 0.05) is 23.3 Å². The Bertz CT molecular complexity index is 2230. The fraction of sp³-hybridized carbons (Fsp3) is 0.643. The van der Waals surface area contributed by atoms with Crippen LogP contribution in [-0.2, 0) is 35.6 Å². The molecule has 0 radical (unpaired) electrons. The van der Waals surface area contributed by atoms with Crippen molar-refractivity contribution in [1.82, 2.24) is 25.2 Å². The number of pyridine rings is 1. The number of alkyl carbamates (subject to hydrolysis) is 1. The third-order valence-corrected chi connectivity index (χ3v) is 15.0. The van der Waals surface area contributed by atoms with Crippen LogP contribution in [0.2, 0.25) is 0 Å². The zero-order valence-electron chi connectivity index (χ0n) is 35.1. The van der Waals surface area contributed by atoms with Gasteiger partial charge >= 0.3 is 12.3 Å². The number of fused-ring (bicyclic) bond motifs is 5. The fourth-order valence-electron chi connectivity index (χ4n) is 8.49. The van der Waals surface area contributed by atoms with E-state index in [1.807, 2.05) is 19.1 Å². The predicted octanol–water partition coefficient (Wildman–Crippen LogP) is 5.24. The number of alkyl halides is 3. The van der Waals surface area contributed by atoms with Gasteiger partial charge in [0.2, 0.25) is 39.2 Å². The summed E-state index contributed by atoms with van der Waals surface area (Å²) in [7, 11) is -2.54. The Morgan fingerprint density at radius 3 is 2.52 bits per heavy atom. The second kappa shape index (κ2) is 16.1. The minimum Gasteiger partial charge on any atom is -0.497 e. The number of aryl methyl sites for hydroxylation is 1. The molecule has 0 spiro atoms. The molecule has 334 valence electrons. The van der Waals surface area contributed by atoms with Crippen molar-refractivity contribution >= 4 is 44.6 Å². The zero-order valence-corrected chi connectivity index (χ0v) is 36.0. The maximum absolute atomic E-state index is 14.9. The number of benzene rings is 1.